The minimum atomic E-state index is -0.0131. The molecule has 19 heavy (non-hydrogen) atoms. The predicted octanol–water partition coefficient (Wildman–Crippen LogP) is 2.94. The third kappa shape index (κ3) is 2.82. The number of hydrogen-bond donors (Lipinski definition) is 1. The van der Waals surface area contributed by atoms with Gasteiger partial charge in [-0.3, -0.25) is 0 Å². The Bertz CT molecular complexity index is 594. The maximum Gasteiger partial charge on any atom is 0.214 e. The molecule has 1 atom stereocenters. The first-order valence-corrected chi connectivity index (χ1v) is 7.77. The van der Waals surface area contributed by atoms with E-state index in [4.69, 9.17) is 5.73 Å². The van der Waals surface area contributed by atoms with Crippen molar-refractivity contribution in [2.45, 2.75) is 41.9 Å². The van der Waals surface area contributed by atoms with E-state index in [1.807, 2.05) is 23.7 Å². The molecule has 0 radical (unpaired) electrons. The predicted molar refractivity (Wildman–Crippen MR) is 77.0 cm³/mol. The standard InChI is InChI=1S/C12H14BrN5S/c1-7(14)10-5-2-8(13)6-11(10)19-12-15-16-17-18(12)9-3-4-9/h2,5-7,9H,3-4,14H2,1H3. The molecular weight excluding hydrogens is 326 g/mol. The molecule has 2 aromatic rings. The molecule has 1 aliphatic carbocycles. The van der Waals surface area contributed by atoms with E-state index in [0.29, 0.717) is 6.04 Å². The molecule has 0 bridgehead atoms. The SMILES string of the molecule is CC(N)c1ccc(Br)cc1Sc1nnnn1C1CC1. The summed E-state index contributed by atoms with van der Waals surface area (Å²) in [5.41, 5.74) is 7.13. The fourth-order valence-electron chi connectivity index (χ4n) is 1.87. The van der Waals surface area contributed by atoms with Crippen LogP contribution in [0, 0.1) is 0 Å². The quantitative estimate of drug-likeness (QED) is 0.927. The van der Waals surface area contributed by atoms with Gasteiger partial charge in [-0.05, 0) is 59.7 Å². The van der Waals surface area contributed by atoms with Crippen LogP contribution in [0.4, 0.5) is 0 Å². The summed E-state index contributed by atoms with van der Waals surface area (Å²) in [6.45, 7) is 1.98. The zero-order chi connectivity index (χ0) is 13.4. The van der Waals surface area contributed by atoms with Gasteiger partial charge in [0.2, 0.25) is 5.16 Å². The maximum atomic E-state index is 6.02. The summed E-state index contributed by atoms with van der Waals surface area (Å²) in [4.78, 5) is 1.10. The molecule has 100 valence electrons. The van der Waals surface area contributed by atoms with Crippen molar-refractivity contribution in [1.29, 1.82) is 0 Å². The lowest BCUT2D eigenvalue weighted by atomic mass is 10.1. The van der Waals surface area contributed by atoms with Crippen molar-refractivity contribution < 1.29 is 0 Å². The number of tetrazole rings is 1. The molecule has 1 aromatic heterocycles. The number of hydrogen-bond acceptors (Lipinski definition) is 5. The van der Waals surface area contributed by atoms with Crippen LogP contribution >= 0.6 is 27.7 Å². The summed E-state index contributed by atoms with van der Waals surface area (Å²) in [5, 5.41) is 12.8. The monoisotopic (exact) mass is 339 g/mol. The van der Waals surface area contributed by atoms with Gasteiger partial charge in [0.25, 0.3) is 0 Å². The van der Waals surface area contributed by atoms with Gasteiger partial charge in [-0.15, -0.1) is 5.10 Å². The molecule has 1 unspecified atom stereocenters. The molecule has 5 nitrogen and oxygen atoms in total. The number of halogens is 1. The van der Waals surface area contributed by atoms with E-state index in [2.05, 4.69) is 37.5 Å². The Morgan fingerprint density at radius 1 is 1.47 bits per heavy atom. The molecule has 0 aliphatic heterocycles. The lowest BCUT2D eigenvalue weighted by molar-refractivity contribution is 0.565. The van der Waals surface area contributed by atoms with Crippen LogP contribution in [0.3, 0.4) is 0 Å². The van der Waals surface area contributed by atoms with E-state index in [9.17, 15) is 0 Å². The average molecular weight is 340 g/mol. The Morgan fingerprint density at radius 3 is 2.95 bits per heavy atom. The molecule has 1 saturated carbocycles. The second kappa shape index (κ2) is 5.22. The number of aromatic nitrogens is 4. The Morgan fingerprint density at radius 2 is 2.26 bits per heavy atom. The molecule has 2 N–H and O–H groups in total. The Balaban J connectivity index is 1.93. The van der Waals surface area contributed by atoms with Gasteiger partial charge in [0.1, 0.15) is 0 Å². The zero-order valence-corrected chi connectivity index (χ0v) is 12.9. The number of benzene rings is 1. The summed E-state index contributed by atoms with van der Waals surface area (Å²) in [6.07, 6.45) is 2.33. The van der Waals surface area contributed by atoms with E-state index in [-0.39, 0.29) is 6.04 Å². The minimum Gasteiger partial charge on any atom is -0.324 e. The van der Waals surface area contributed by atoms with Crippen LogP contribution < -0.4 is 5.73 Å². The molecule has 0 amide bonds. The second-order valence-corrected chi connectivity index (χ2v) is 6.63. The van der Waals surface area contributed by atoms with Gasteiger partial charge in [0, 0.05) is 15.4 Å². The molecule has 0 spiro atoms. The topological polar surface area (TPSA) is 69.6 Å². The van der Waals surface area contributed by atoms with E-state index in [0.717, 1.165) is 32.9 Å². The Kier molecular flexibility index (Phi) is 3.60. The third-order valence-corrected chi connectivity index (χ3v) is 4.54. The fourth-order valence-corrected chi connectivity index (χ4v) is 3.50. The maximum absolute atomic E-state index is 6.02. The lowest BCUT2D eigenvalue weighted by Gasteiger charge is -2.12. The Hall–Kier alpha value is -0.920. The van der Waals surface area contributed by atoms with Crippen molar-refractivity contribution in [3.05, 3.63) is 28.2 Å². The van der Waals surface area contributed by atoms with Gasteiger partial charge in [-0.2, -0.15) is 0 Å². The van der Waals surface area contributed by atoms with Crippen LogP contribution in [0.5, 0.6) is 0 Å². The third-order valence-electron chi connectivity index (χ3n) is 3.02. The molecule has 1 aromatic carbocycles. The average Bonchev–Trinajstić information content (AvgIpc) is 3.10. The summed E-state index contributed by atoms with van der Waals surface area (Å²) >= 11 is 5.07. The van der Waals surface area contributed by atoms with Crippen molar-refractivity contribution in [2.75, 3.05) is 0 Å². The molecule has 3 rings (SSSR count). The van der Waals surface area contributed by atoms with Gasteiger partial charge in [0.05, 0.1) is 6.04 Å². The van der Waals surface area contributed by atoms with Crippen LogP contribution in [0.15, 0.2) is 32.7 Å². The highest BCUT2D eigenvalue weighted by atomic mass is 79.9. The highest BCUT2D eigenvalue weighted by Gasteiger charge is 2.28. The van der Waals surface area contributed by atoms with Crippen molar-refractivity contribution in [3.63, 3.8) is 0 Å². The molecular formula is C12H14BrN5S. The summed E-state index contributed by atoms with van der Waals surface area (Å²) in [7, 11) is 0. The molecule has 7 heteroatoms. The van der Waals surface area contributed by atoms with Crippen LogP contribution in [-0.4, -0.2) is 20.2 Å². The van der Waals surface area contributed by atoms with Crippen molar-refractivity contribution >= 4 is 27.7 Å². The zero-order valence-electron chi connectivity index (χ0n) is 10.5. The van der Waals surface area contributed by atoms with Gasteiger partial charge < -0.3 is 5.73 Å². The van der Waals surface area contributed by atoms with Crippen LogP contribution in [-0.2, 0) is 0 Å². The Labute approximate surface area is 124 Å². The van der Waals surface area contributed by atoms with Crippen molar-refractivity contribution in [2.24, 2.45) is 5.73 Å². The summed E-state index contributed by atoms with van der Waals surface area (Å²) in [5.74, 6) is 0. The van der Waals surface area contributed by atoms with E-state index < -0.39 is 0 Å². The minimum absolute atomic E-state index is 0.0131. The molecule has 1 aliphatic rings. The van der Waals surface area contributed by atoms with E-state index >= 15 is 0 Å². The summed E-state index contributed by atoms with van der Waals surface area (Å²) in [6, 6.07) is 6.58. The van der Waals surface area contributed by atoms with Gasteiger partial charge in [-0.25, -0.2) is 4.68 Å². The van der Waals surface area contributed by atoms with Gasteiger partial charge in [0.15, 0.2) is 0 Å². The number of nitrogens with two attached hydrogens (primary N) is 1. The highest BCUT2D eigenvalue weighted by Crippen LogP contribution is 2.39. The van der Waals surface area contributed by atoms with Crippen molar-refractivity contribution in [3.8, 4) is 0 Å². The molecule has 1 heterocycles. The normalized spacial score (nSPS) is 16.6. The van der Waals surface area contributed by atoms with Crippen molar-refractivity contribution in [1.82, 2.24) is 20.2 Å². The van der Waals surface area contributed by atoms with Gasteiger partial charge >= 0.3 is 0 Å². The van der Waals surface area contributed by atoms with E-state index in [1.165, 1.54) is 0 Å². The molecule has 1 fully saturated rings. The first kappa shape index (κ1) is 13.1. The molecule has 0 saturated heterocycles. The smallest absolute Gasteiger partial charge is 0.214 e. The first-order valence-electron chi connectivity index (χ1n) is 6.16. The second-order valence-electron chi connectivity index (χ2n) is 4.71. The lowest BCUT2D eigenvalue weighted by Crippen LogP contribution is -2.07. The van der Waals surface area contributed by atoms with Crippen LogP contribution in [0.25, 0.3) is 0 Å². The number of nitrogens with zero attached hydrogens (tertiary/aromatic N) is 4. The van der Waals surface area contributed by atoms with Crippen LogP contribution in [0.1, 0.15) is 37.4 Å². The largest absolute Gasteiger partial charge is 0.324 e. The highest BCUT2D eigenvalue weighted by molar-refractivity contribution is 9.10. The van der Waals surface area contributed by atoms with Gasteiger partial charge in [-0.1, -0.05) is 22.0 Å². The van der Waals surface area contributed by atoms with E-state index in [1.54, 1.807) is 11.8 Å². The number of rotatable bonds is 4. The first-order chi connectivity index (χ1) is 9.15. The fraction of sp³-hybridized carbons (Fsp3) is 0.417. The van der Waals surface area contributed by atoms with Crippen LogP contribution in [0.2, 0.25) is 0 Å². The summed E-state index contributed by atoms with van der Waals surface area (Å²) < 4.78 is 2.95.